The average Bonchev–Trinajstić information content (AvgIpc) is 2.47. The predicted molar refractivity (Wildman–Crippen MR) is 85.4 cm³/mol. The molecule has 0 saturated heterocycles. The number of halogens is 1. The van der Waals surface area contributed by atoms with Crippen LogP contribution in [0.15, 0.2) is 48.5 Å². The normalized spacial score (nSPS) is 11.4. The van der Waals surface area contributed by atoms with Crippen molar-refractivity contribution in [2.24, 2.45) is 5.41 Å². The number of hydrogen-bond donors (Lipinski definition) is 0. The molecule has 20 heavy (non-hydrogen) atoms. The van der Waals surface area contributed by atoms with Crippen LogP contribution in [0.25, 0.3) is 11.1 Å². The second-order valence-electron chi connectivity index (χ2n) is 5.69. The average molecular weight is 287 g/mol. The molecule has 0 N–H and O–H groups in total. The van der Waals surface area contributed by atoms with E-state index in [1.165, 1.54) is 0 Å². The Bertz CT molecular complexity index is 615. The minimum Gasteiger partial charge on any atom is -0.294 e. The molecule has 0 radical (unpaired) electrons. The van der Waals surface area contributed by atoms with E-state index in [1.807, 2.05) is 51.1 Å². The van der Waals surface area contributed by atoms with E-state index in [9.17, 15) is 4.79 Å². The first kappa shape index (κ1) is 14.8. The van der Waals surface area contributed by atoms with Crippen molar-refractivity contribution >= 4 is 17.4 Å². The fourth-order valence-corrected chi connectivity index (χ4v) is 2.36. The molecule has 0 fully saturated rings. The lowest BCUT2D eigenvalue weighted by Gasteiger charge is -2.21. The molecule has 0 aromatic heterocycles. The summed E-state index contributed by atoms with van der Waals surface area (Å²) in [7, 11) is 0. The highest BCUT2D eigenvalue weighted by Gasteiger charge is 2.29. The summed E-state index contributed by atoms with van der Waals surface area (Å²) < 4.78 is 0. The SMILES string of the molecule is Cc1c(C(=O)C(C)(C)CCl)cccc1-c1ccccc1. The smallest absolute Gasteiger partial charge is 0.169 e. The highest BCUT2D eigenvalue weighted by molar-refractivity contribution is 6.21. The quantitative estimate of drug-likeness (QED) is 0.564. The monoisotopic (exact) mass is 286 g/mol. The molecule has 0 aliphatic carbocycles. The Morgan fingerprint density at radius 3 is 2.30 bits per heavy atom. The molecule has 0 heterocycles. The lowest BCUT2D eigenvalue weighted by atomic mass is 9.83. The van der Waals surface area contributed by atoms with Gasteiger partial charge < -0.3 is 0 Å². The molecular formula is C18H19ClO. The molecule has 0 unspecified atom stereocenters. The van der Waals surface area contributed by atoms with Crippen molar-refractivity contribution in [3.8, 4) is 11.1 Å². The van der Waals surface area contributed by atoms with Gasteiger partial charge in [0.05, 0.1) is 0 Å². The maximum Gasteiger partial charge on any atom is 0.169 e. The van der Waals surface area contributed by atoms with Gasteiger partial charge in [-0.2, -0.15) is 0 Å². The van der Waals surface area contributed by atoms with Crippen LogP contribution in [-0.2, 0) is 0 Å². The maximum absolute atomic E-state index is 12.6. The second-order valence-corrected chi connectivity index (χ2v) is 5.96. The fraction of sp³-hybridized carbons (Fsp3) is 0.278. The molecule has 1 nitrogen and oxygen atoms in total. The molecule has 2 heteroatoms. The second kappa shape index (κ2) is 5.80. The molecule has 0 aliphatic rings. The van der Waals surface area contributed by atoms with Crippen molar-refractivity contribution in [2.45, 2.75) is 20.8 Å². The first-order chi connectivity index (χ1) is 9.47. The lowest BCUT2D eigenvalue weighted by Crippen LogP contribution is -2.26. The summed E-state index contributed by atoms with van der Waals surface area (Å²) in [5.74, 6) is 0.420. The number of benzene rings is 2. The van der Waals surface area contributed by atoms with Gasteiger partial charge >= 0.3 is 0 Å². The molecular weight excluding hydrogens is 268 g/mol. The summed E-state index contributed by atoms with van der Waals surface area (Å²) >= 11 is 5.93. The summed E-state index contributed by atoms with van der Waals surface area (Å²) in [6, 6.07) is 16.0. The molecule has 2 aromatic carbocycles. The third kappa shape index (κ3) is 2.78. The van der Waals surface area contributed by atoms with Crippen LogP contribution in [0.3, 0.4) is 0 Å². The van der Waals surface area contributed by atoms with Crippen LogP contribution in [0.1, 0.15) is 29.8 Å². The third-order valence-corrected chi connectivity index (χ3v) is 4.28. The van der Waals surface area contributed by atoms with Gasteiger partial charge in [-0.25, -0.2) is 0 Å². The van der Waals surface area contributed by atoms with Gasteiger partial charge in [-0.05, 0) is 23.6 Å². The minimum atomic E-state index is -0.540. The summed E-state index contributed by atoms with van der Waals surface area (Å²) in [6.45, 7) is 5.77. The van der Waals surface area contributed by atoms with E-state index >= 15 is 0 Å². The molecule has 0 bridgehead atoms. The Labute approximate surface area is 125 Å². The van der Waals surface area contributed by atoms with Gasteiger partial charge in [0.15, 0.2) is 5.78 Å². The van der Waals surface area contributed by atoms with Gasteiger partial charge in [0.1, 0.15) is 0 Å². The zero-order chi connectivity index (χ0) is 14.8. The van der Waals surface area contributed by atoms with Crippen LogP contribution in [0.2, 0.25) is 0 Å². The fourth-order valence-electron chi connectivity index (χ4n) is 2.24. The number of rotatable bonds is 4. The van der Waals surface area contributed by atoms with E-state index in [0.717, 1.165) is 22.3 Å². The van der Waals surface area contributed by atoms with Crippen LogP contribution in [0, 0.1) is 12.3 Å². The Morgan fingerprint density at radius 2 is 1.70 bits per heavy atom. The Hall–Kier alpha value is -1.60. The van der Waals surface area contributed by atoms with Crippen molar-refractivity contribution in [1.82, 2.24) is 0 Å². The van der Waals surface area contributed by atoms with Crippen molar-refractivity contribution in [2.75, 3.05) is 5.88 Å². The minimum absolute atomic E-state index is 0.0998. The van der Waals surface area contributed by atoms with E-state index in [2.05, 4.69) is 18.2 Å². The number of ketones is 1. The number of alkyl halides is 1. The zero-order valence-electron chi connectivity index (χ0n) is 12.1. The molecule has 0 atom stereocenters. The molecule has 2 aromatic rings. The molecule has 104 valence electrons. The first-order valence-corrected chi connectivity index (χ1v) is 7.26. The summed E-state index contributed by atoms with van der Waals surface area (Å²) in [6.07, 6.45) is 0. The van der Waals surface area contributed by atoms with Crippen molar-refractivity contribution in [1.29, 1.82) is 0 Å². The van der Waals surface area contributed by atoms with Crippen LogP contribution in [-0.4, -0.2) is 11.7 Å². The molecule has 0 amide bonds. The Kier molecular flexibility index (Phi) is 4.29. The van der Waals surface area contributed by atoms with Crippen LogP contribution in [0.4, 0.5) is 0 Å². The van der Waals surface area contributed by atoms with Crippen LogP contribution in [0.5, 0.6) is 0 Å². The van der Waals surface area contributed by atoms with Gasteiger partial charge in [-0.1, -0.05) is 62.4 Å². The van der Waals surface area contributed by atoms with E-state index in [1.54, 1.807) is 0 Å². The number of hydrogen-bond acceptors (Lipinski definition) is 1. The highest BCUT2D eigenvalue weighted by Crippen LogP contribution is 2.30. The lowest BCUT2D eigenvalue weighted by molar-refractivity contribution is 0.0861. The van der Waals surface area contributed by atoms with Crippen LogP contribution < -0.4 is 0 Å². The van der Waals surface area contributed by atoms with E-state index in [0.29, 0.717) is 5.88 Å². The van der Waals surface area contributed by atoms with Gasteiger partial charge in [0.25, 0.3) is 0 Å². The summed E-state index contributed by atoms with van der Waals surface area (Å²) in [5.41, 5.74) is 3.46. The van der Waals surface area contributed by atoms with Gasteiger partial charge in [0, 0.05) is 16.9 Å². The predicted octanol–water partition coefficient (Wildman–Crippen LogP) is 5.11. The Balaban J connectivity index is 2.51. The van der Waals surface area contributed by atoms with Crippen molar-refractivity contribution in [3.05, 3.63) is 59.7 Å². The molecule has 0 spiro atoms. The van der Waals surface area contributed by atoms with Crippen LogP contribution >= 0.6 is 11.6 Å². The topological polar surface area (TPSA) is 17.1 Å². The van der Waals surface area contributed by atoms with Gasteiger partial charge in [-0.15, -0.1) is 11.6 Å². The zero-order valence-corrected chi connectivity index (χ0v) is 12.9. The number of carbonyl (C=O) groups is 1. The Morgan fingerprint density at radius 1 is 1.05 bits per heavy atom. The number of Topliss-reactive ketones (excluding diaryl/α,β-unsaturated/α-hetero) is 1. The number of carbonyl (C=O) groups excluding carboxylic acids is 1. The summed E-state index contributed by atoms with van der Waals surface area (Å²) in [5, 5.41) is 0. The van der Waals surface area contributed by atoms with E-state index < -0.39 is 5.41 Å². The third-order valence-electron chi connectivity index (χ3n) is 3.61. The standard InChI is InChI=1S/C18H19ClO/c1-13-15(14-8-5-4-6-9-14)10-7-11-16(13)17(20)18(2,3)12-19/h4-11H,12H2,1-3H3. The van der Waals surface area contributed by atoms with Gasteiger partial charge in [0.2, 0.25) is 0 Å². The van der Waals surface area contributed by atoms with Gasteiger partial charge in [-0.3, -0.25) is 4.79 Å². The largest absolute Gasteiger partial charge is 0.294 e. The van der Waals surface area contributed by atoms with Crippen molar-refractivity contribution in [3.63, 3.8) is 0 Å². The first-order valence-electron chi connectivity index (χ1n) is 6.73. The van der Waals surface area contributed by atoms with Crippen molar-refractivity contribution < 1.29 is 4.79 Å². The summed E-state index contributed by atoms with van der Waals surface area (Å²) in [4.78, 5) is 12.6. The van der Waals surface area contributed by atoms with E-state index in [-0.39, 0.29) is 5.78 Å². The molecule has 0 aliphatic heterocycles. The van der Waals surface area contributed by atoms with E-state index in [4.69, 9.17) is 11.6 Å². The maximum atomic E-state index is 12.6. The highest BCUT2D eigenvalue weighted by atomic mass is 35.5. The molecule has 0 saturated carbocycles. The molecule has 2 rings (SSSR count).